The standard InChI is InChI=1S/C10H16O3/c1-7(9(11)5-6-13-2)10(12)8-3-4-8/h7-8H,3-6H2,1-2H3. The second-order valence-corrected chi connectivity index (χ2v) is 3.61. The van der Waals surface area contributed by atoms with E-state index in [0.717, 1.165) is 12.8 Å². The quantitative estimate of drug-likeness (QED) is 0.583. The maximum Gasteiger partial charge on any atom is 0.146 e. The summed E-state index contributed by atoms with van der Waals surface area (Å²) in [6.45, 7) is 2.12. The Balaban J connectivity index is 2.32. The summed E-state index contributed by atoms with van der Waals surface area (Å²) >= 11 is 0. The highest BCUT2D eigenvalue weighted by Gasteiger charge is 2.35. The number of carbonyl (C=O) groups excluding carboxylic acids is 2. The van der Waals surface area contributed by atoms with Gasteiger partial charge in [-0.25, -0.2) is 0 Å². The molecule has 0 saturated heterocycles. The SMILES string of the molecule is COCCC(=O)C(C)C(=O)C1CC1. The minimum absolute atomic E-state index is 0.0127. The van der Waals surface area contributed by atoms with E-state index in [1.165, 1.54) is 0 Å². The number of methoxy groups -OCH3 is 1. The van der Waals surface area contributed by atoms with Gasteiger partial charge in [0.2, 0.25) is 0 Å². The molecular formula is C10H16O3. The maximum atomic E-state index is 11.4. The molecule has 1 atom stereocenters. The fourth-order valence-corrected chi connectivity index (χ4v) is 1.30. The van der Waals surface area contributed by atoms with E-state index in [9.17, 15) is 9.59 Å². The summed E-state index contributed by atoms with van der Waals surface area (Å²) in [5, 5.41) is 0. The van der Waals surface area contributed by atoms with Crippen LogP contribution in [0.3, 0.4) is 0 Å². The highest BCUT2D eigenvalue weighted by atomic mass is 16.5. The number of Topliss-reactive ketones (excluding diaryl/α,β-unsaturated/α-hetero) is 2. The molecule has 74 valence electrons. The first-order chi connectivity index (χ1) is 6.16. The lowest BCUT2D eigenvalue weighted by Gasteiger charge is -2.07. The molecule has 0 amide bonds. The summed E-state index contributed by atoms with van der Waals surface area (Å²) in [6, 6.07) is 0. The zero-order valence-corrected chi connectivity index (χ0v) is 8.21. The molecule has 0 aromatic carbocycles. The Hall–Kier alpha value is -0.700. The molecule has 0 aromatic heterocycles. The summed E-state index contributed by atoms with van der Waals surface area (Å²) < 4.78 is 4.79. The Morgan fingerprint density at radius 2 is 2.08 bits per heavy atom. The smallest absolute Gasteiger partial charge is 0.146 e. The highest BCUT2D eigenvalue weighted by Crippen LogP contribution is 2.32. The van der Waals surface area contributed by atoms with Gasteiger partial charge in [0.15, 0.2) is 0 Å². The Morgan fingerprint density at radius 1 is 1.46 bits per heavy atom. The average Bonchev–Trinajstić information content (AvgIpc) is 2.94. The molecule has 0 radical (unpaired) electrons. The number of ether oxygens (including phenoxy) is 1. The van der Waals surface area contributed by atoms with Gasteiger partial charge >= 0.3 is 0 Å². The normalized spacial score (nSPS) is 18.3. The van der Waals surface area contributed by atoms with Crippen molar-refractivity contribution in [2.24, 2.45) is 11.8 Å². The lowest BCUT2D eigenvalue weighted by Crippen LogP contribution is -2.23. The van der Waals surface area contributed by atoms with E-state index >= 15 is 0 Å². The van der Waals surface area contributed by atoms with Crippen LogP contribution < -0.4 is 0 Å². The van der Waals surface area contributed by atoms with E-state index in [1.807, 2.05) is 0 Å². The molecule has 0 aromatic rings. The first kappa shape index (κ1) is 10.4. The summed E-state index contributed by atoms with van der Waals surface area (Å²) in [5.41, 5.74) is 0. The summed E-state index contributed by atoms with van der Waals surface area (Å²) in [5.74, 6) is -0.0935. The molecule has 3 nitrogen and oxygen atoms in total. The van der Waals surface area contributed by atoms with E-state index in [2.05, 4.69) is 0 Å². The van der Waals surface area contributed by atoms with Crippen LogP contribution in [0, 0.1) is 11.8 Å². The van der Waals surface area contributed by atoms with Crippen LogP contribution in [-0.2, 0) is 14.3 Å². The van der Waals surface area contributed by atoms with Crippen LogP contribution in [0.2, 0.25) is 0 Å². The Bertz CT molecular complexity index is 206. The number of rotatable bonds is 6. The summed E-state index contributed by atoms with van der Waals surface area (Å²) in [4.78, 5) is 22.8. The Morgan fingerprint density at radius 3 is 2.54 bits per heavy atom. The monoisotopic (exact) mass is 184 g/mol. The molecule has 1 aliphatic carbocycles. The van der Waals surface area contributed by atoms with Crippen LogP contribution >= 0.6 is 0 Å². The molecule has 3 heteroatoms. The van der Waals surface area contributed by atoms with Gasteiger partial charge in [-0.1, -0.05) is 0 Å². The van der Waals surface area contributed by atoms with Crippen LogP contribution in [-0.4, -0.2) is 25.3 Å². The summed E-state index contributed by atoms with van der Waals surface area (Å²) in [7, 11) is 1.56. The second kappa shape index (κ2) is 4.51. The van der Waals surface area contributed by atoms with Gasteiger partial charge in [-0.2, -0.15) is 0 Å². The van der Waals surface area contributed by atoms with Gasteiger partial charge in [0, 0.05) is 19.4 Å². The van der Waals surface area contributed by atoms with Gasteiger partial charge in [-0.15, -0.1) is 0 Å². The Kier molecular flexibility index (Phi) is 3.60. The topological polar surface area (TPSA) is 43.4 Å². The molecule has 1 aliphatic rings. The Labute approximate surface area is 78.5 Å². The van der Waals surface area contributed by atoms with Crippen molar-refractivity contribution in [3.63, 3.8) is 0 Å². The van der Waals surface area contributed by atoms with E-state index in [-0.39, 0.29) is 17.5 Å². The molecule has 0 spiro atoms. The summed E-state index contributed by atoms with van der Waals surface area (Å²) in [6.07, 6.45) is 2.30. The molecule has 13 heavy (non-hydrogen) atoms. The molecule has 1 saturated carbocycles. The fraction of sp³-hybridized carbons (Fsp3) is 0.800. The van der Waals surface area contributed by atoms with E-state index in [1.54, 1.807) is 14.0 Å². The van der Waals surface area contributed by atoms with Gasteiger partial charge in [-0.05, 0) is 19.8 Å². The van der Waals surface area contributed by atoms with Crippen molar-refractivity contribution < 1.29 is 14.3 Å². The minimum Gasteiger partial charge on any atom is -0.384 e. The predicted molar refractivity (Wildman–Crippen MR) is 48.4 cm³/mol. The van der Waals surface area contributed by atoms with E-state index in [0.29, 0.717) is 13.0 Å². The molecule has 1 rings (SSSR count). The number of hydrogen-bond donors (Lipinski definition) is 0. The van der Waals surface area contributed by atoms with Crippen LogP contribution in [0.4, 0.5) is 0 Å². The second-order valence-electron chi connectivity index (χ2n) is 3.61. The fourth-order valence-electron chi connectivity index (χ4n) is 1.30. The predicted octanol–water partition coefficient (Wildman–Crippen LogP) is 1.21. The van der Waals surface area contributed by atoms with E-state index in [4.69, 9.17) is 4.74 Å². The van der Waals surface area contributed by atoms with Crippen LogP contribution in [0.5, 0.6) is 0 Å². The molecule has 1 fully saturated rings. The van der Waals surface area contributed by atoms with Crippen molar-refractivity contribution in [1.29, 1.82) is 0 Å². The van der Waals surface area contributed by atoms with Crippen molar-refractivity contribution in [2.45, 2.75) is 26.2 Å². The van der Waals surface area contributed by atoms with Crippen LogP contribution in [0.15, 0.2) is 0 Å². The molecule has 0 heterocycles. The zero-order chi connectivity index (χ0) is 9.84. The zero-order valence-electron chi connectivity index (χ0n) is 8.21. The largest absolute Gasteiger partial charge is 0.384 e. The van der Waals surface area contributed by atoms with Gasteiger partial charge in [-0.3, -0.25) is 9.59 Å². The van der Waals surface area contributed by atoms with Crippen LogP contribution in [0.1, 0.15) is 26.2 Å². The lowest BCUT2D eigenvalue weighted by molar-refractivity contribution is -0.133. The third-order valence-corrected chi connectivity index (χ3v) is 2.44. The third kappa shape index (κ3) is 2.92. The molecular weight excluding hydrogens is 168 g/mol. The van der Waals surface area contributed by atoms with Gasteiger partial charge in [0.05, 0.1) is 12.5 Å². The molecule has 1 unspecified atom stereocenters. The van der Waals surface area contributed by atoms with Crippen LogP contribution in [0.25, 0.3) is 0 Å². The molecule has 0 aliphatic heterocycles. The first-order valence-electron chi connectivity index (χ1n) is 4.72. The van der Waals surface area contributed by atoms with Crippen molar-refractivity contribution >= 4 is 11.6 Å². The highest BCUT2D eigenvalue weighted by molar-refractivity contribution is 6.03. The maximum absolute atomic E-state index is 11.4. The van der Waals surface area contributed by atoms with Crippen molar-refractivity contribution in [2.75, 3.05) is 13.7 Å². The molecule has 0 bridgehead atoms. The first-order valence-corrected chi connectivity index (χ1v) is 4.72. The van der Waals surface area contributed by atoms with Crippen molar-refractivity contribution in [3.05, 3.63) is 0 Å². The van der Waals surface area contributed by atoms with Gasteiger partial charge in [0.1, 0.15) is 11.6 Å². The van der Waals surface area contributed by atoms with Crippen molar-refractivity contribution in [3.8, 4) is 0 Å². The van der Waals surface area contributed by atoms with Crippen molar-refractivity contribution in [1.82, 2.24) is 0 Å². The average molecular weight is 184 g/mol. The number of ketones is 2. The van der Waals surface area contributed by atoms with E-state index < -0.39 is 5.92 Å². The number of hydrogen-bond acceptors (Lipinski definition) is 3. The molecule has 0 N–H and O–H groups in total. The minimum atomic E-state index is -0.414. The third-order valence-electron chi connectivity index (χ3n) is 2.44. The van der Waals surface area contributed by atoms with Gasteiger partial charge < -0.3 is 4.74 Å². The lowest BCUT2D eigenvalue weighted by atomic mass is 9.96. The number of carbonyl (C=O) groups is 2. The van der Waals surface area contributed by atoms with Gasteiger partial charge in [0.25, 0.3) is 0 Å².